The first kappa shape index (κ1) is 11.7. The van der Waals surface area contributed by atoms with E-state index in [-0.39, 0.29) is 6.54 Å². The Hall–Kier alpha value is -1.37. The molecule has 0 saturated heterocycles. The average molecular weight is 275 g/mol. The molecule has 0 aliphatic rings. The zero-order valence-electron chi connectivity index (χ0n) is 8.12. The molecule has 1 rings (SSSR count). The van der Waals surface area contributed by atoms with Crippen molar-refractivity contribution < 1.29 is 9.90 Å². The number of anilines is 2. The van der Waals surface area contributed by atoms with Gasteiger partial charge in [-0.05, 0) is 22.9 Å². The lowest BCUT2D eigenvalue weighted by molar-refractivity contribution is -0.134. The maximum Gasteiger partial charge on any atom is 0.322 e. The molecule has 7 heteroatoms. The molecule has 15 heavy (non-hydrogen) atoms. The molecule has 0 amide bonds. The smallest absolute Gasteiger partial charge is 0.322 e. The second kappa shape index (κ2) is 5.50. The van der Waals surface area contributed by atoms with E-state index in [1.807, 2.05) is 6.92 Å². The largest absolute Gasteiger partial charge is 0.480 e. The Kier molecular flexibility index (Phi) is 4.29. The summed E-state index contributed by atoms with van der Waals surface area (Å²) < 4.78 is 0.597. The molecule has 0 aliphatic carbocycles. The molecule has 0 spiro atoms. The number of carbonyl (C=O) groups is 1. The molecule has 0 aliphatic heterocycles. The van der Waals surface area contributed by atoms with Gasteiger partial charge in [0.15, 0.2) is 11.6 Å². The lowest BCUT2D eigenvalue weighted by Gasteiger charge is -2.09. The first-order valence-electron chi connectivity index (χ1n) is 4.35. The minimum absolute atomic E-state index is 0.186. The van der Waals surface area contributed by atoms with Crippen molar-refractivity contribution in [1.82, 2.24) is 9.97 Å². The van der Waals surface area contributed by atoms with Gasteiger partial charge in [-0.3, -0.25) is 4.79 Å². The summed E-state index contributed by atoms with van der Waals surface area (Å²) in [6.45, 7) is 2.42. The van der Waals surface area contributed by atoms with Crippen LogP contribution in [0.2, 0.25) is 0 Å². The average Bonchev–Trinajstić information content (AvgIpc) is 2.17. The Morgan fingerprint density at radius 1 is 1.53 bits per heavy atom. The van der Waals surface area contributed by atoms with Gasteiger partial charge in [-0.1, -0.05) is 0 Å². The molecular weight excluding hydrogens is 264 g/mol. The van der Waals surface area contributed by atoms with Gasteiger partial charge in [-0.2, -0.15) is 0 Å². The van der Waals surface area contributed by atoms with Crippen molar-refractivity contribution in [3.8, 4) is 0 Å². The number of aliphatic carboxylic acids is 1. The standard InChI is InChI=1S/C8H11BrN4O2/c1-2-10-8-7(12-4-6(14)15)11-3-5(9)13-8/h3H,2,4H2,1H3,(H,10,13)(H,11,12)(H,14,15). The van der Waals surface area contributed by atoms with Crippen LogP contribution >= 0.6 is 15.9 Å². The molecule has 3 N–H and O–H groups in total. The fourth-order valence-electron chi connectivity index (χ4n) is 0.947. The number of nitrogens with one attached hydrogen (secondary N) is 2. The van der Waals surface area contributed by atoms with E-state index in [4.69, 9.17) is 5.11 Å². The second-order valence-electron chi connectivity index (χ2n) is 2.67. The summed E-state index contributed by atoms with van der Waals surface area (Å²) in [7, 11) is 0. The highest BCUT2D eigenvalue weighted by atomic mass is 79.9. The maximum atomic E-state index is 10.4. The number of hydrogen-bond donors (Lipinski definition) is 3. The molecule has 6 nitrogen and oxygen atoms in total. The number of hydrogen-bond acceptors (Lipinski definition) is 5. The predicted molar refractivity (Wildman–Crippen MR) is 60.0 cm³/mol. The fraction of sp³-hybridized carbons (Fsp3) is 0.375. The van der Waals surface area contributed by atoms with Crippen LogP contribution in [0.25, 0.3) is 0 Å². The van der Waals surface area contributed by atoms with E-state index < -0.39 is 5.97 Å². The molecule has 0 unspecified atom stereocenters. The molecular formula is C8H11BrN4O2. The van der Waals surface area contributed by atoms with Crippen LogP contribution in [0.4, 0.5) is 11.6 Å². The maximum absolute atomic E-state index is 10.4. The first-order chi connectivity index (χ1) is 7.13. The van der Waals surface area contributed by atoms with Gasteiger partial charge in [0, 0.05) is 6.54 Å². The number of nitrogens with zero attached hydrogens (tertiary/aromatic N) is 2. The highest BCUT2D eigenvalue weighted by Gasteiger charge is 2.06. The van der Waals surface area contributed by atoms with Gasteiger partial charge in [0.05, 0.1) is 6.20 Å². The zero-order valence-corrected chi connectivity index (χ0v) is 9.71. The Balaban J connectivity index is 2.80. The van der Waals surface area contributed by atoms with Crippen LogP contribution in [-0.4, -0.2) is 34.1 Å². The van der Waals surface area contributed by atoms with E-state index in [1.165, 1.54) is 6.20 Å². The fourth-order valence-corrected chi connectivity index (χ4v) is 1.23. The Morgan fingerprint density at radius 2 is 2.27 bits per heavy atom. The van der Waals surface area contributed by atoms with Crippen molar-refractivity contribution in [2.75, 3.05) is 23.7 Å². The van der Waals surface area contributed by atoms with Gasteiger partial charge in [-0.15, -0.1) is 0 Å². The van der Waals surface area contributed by atoms with Gasteiger partial charge >= 0.3 is 5.97 Å². The van der Waals surface area contributed by atoms with Crippen molar-refractivity contribution >= 4 is 33.5 Å². The van der Waals surface area contributed by atoms with E-state index in [0.717, 1.165) is 0 Å². The number of rotatable bonds is 5. The lowest BCUT2D eigenvalue weighted by Crippen LogP contribution is -2.15. The SMILES string of the molecule is CCNc1nc(Br)cnc1NCC(=O)O. The summed E-state index contributed by atoms with van der Waals surface area (Å²) in [6.07, 6.45) is 1.50. The van der Waals surface area contributed by atoms with Gasteiger partial charge in [0.1, 0.15) is 11.1 Å². The third-order valence-corrected chi connectivity index (χ3v) is 1.88. The monoisotopic (exact) mass is 274 g/mol. The zero-order chi connectivity index (χ0) is 11.3. The van der Waals surface area contributed by atoms with Gasteiger partial charge in [0.2, 0.25) is 0 Å². The van der Waals surface area contributed by atoms with Crippen LogP contribution in [0.1, 0.15) is 6.92 Å². The van der Waals surface area contributed by atoms with Gasteiger partial charge in [0.25, 0.3) is 0 Å². The van der Waals surface area contributed by atoms with Crippen molar-refractivity contribution in [2.45, 2.75) is 6.92 Å². The predicted octanol–water partition coefficient (Wildman–Crippen LogP) is 1.17. The van der Waals surface area contributed by atoms with Crippen molar-refractivity contribution in [3.63, 3.8) is 0 Å². The molecule has 0 saturated carbocycles. The van der Waals surface area contributed by atoms with Crippen LogP contribution in [0.15, 0.2) is 10.8 Å². The summed E-state index contributed by atoms with van der Waals surface area (Å²) in [4.78, 5) is 18.5. The summed E-state index contributed by atoms with van der Waals surface area (Å²) in [5, 5.41) is 14.2. The minimum Gasteiger partial charge on any atom is -0.480 e. The van der Waals surface area contributed by atoms with Crippen molar-refractivity contribution in [2.24, 2.45) is 0 Å². The number of halogens is 1. The van der Waals surface area contributed by atoms with E-state index in [2.05, 4.69) is 36.5 Å². The molecule has 82 valence electrons. The highest BCUT2D eigenvalue weighted by molar-refractivity contribution is 9.10. The first-order valence-corrected chi connectivity index (χ1v) is 5.15. The highest BCUT2D eigenvalue weighted by Crippen LogP contribution is 2.18. The molecule has 0 bridgehead atoms. The third-order valence-electron chi connectivity index (χ3n) is 1.49. The molecule has 0 atom stereocenters. The van der Waals surface area contributed by atoms with Crippen LogP contribution in [0.3, 0.4) is 0 Å². The number of carboxylic acid groups (broad SMARTS) is 1. The summed E-state index contributed by atoms with van der Waals surface area (Å²) in [5.74, 6) is 0.0257. The van der Waals surface area contributed by atoms with E-state index >= 15 is 0 Å². The molecule has 0 fully saturated rings. The quantitative estimate of drug-likeness (QED) is 0.747. The molecule has 1 aromatic heterocycles. The van der Waals surface area contributed by atoms with Crippen LogP contribution in [0.5, 0.6) is 0 Å². The van der Waals surface area contributed by atoms with E-state index in [9.17, 15) is 4.79 Å². The lowest BCUT2D eigenvalue weighted by atomic mass is 10.5. The van der Waals surface area contributed by atoms with Gasteiger partial charge in [-0.25, -0.2) is 9.97 Å². The van der Waals surface area contributed by atoms with Crippen LogP contribution in [-0.2, 0) is 4.79 Å². The van der Waals surface area contributed by atoms with Crippen LogP contribution < -0.4 is 10.6 Å². The summed E-state index contributed by atoms with van der Waals surface area (Å²) >= 11 is 3.19. The van der Waals surface area contributed by atoms with Crippen molar-refractivity contribution in [3.05, 3.63) is 10.8 Å². The van der Waals surface area contributed by atoms with E-state index in [1.54, 1.807) is 0 Å². The van der Waals surface area contributed by atoms with Gasteiger partial charge < -0.3 is 15.7 Å². The molecule has 1 aromatic rings. The summed E-state index contributed by atoms with van der Waals surface area (Å²) in [5.41, 5.74) is 0. The Morgan fingerprint density at radius 3 is 2.87 bits per heavy atom. The molecule has 0 radical (unpaired) electrons. The normalized spacial score (nSPS) is 9.73. The topological polar surface area (TPSA) is 87.1 Å². The third kappa shape index (κ3) is 3.70. The Bertz CT molecular complexity index is 358. The number of aromatic nitrogens is 2. The minimum atomic E-state index is -0.942. The molecule has 0 aromatic carbocycles. The van der Waals surface area contributed by atoms with Crippen LogP contribution in [0, 0.1) is 0 Å². The van der Waals surface area contributed by atoms with E-state index in [0.29, 0.717) is 22.8 Å². The summed E-state index contributed by atoms with van der Waals surface area (Å²) in [6, 6.07) is 0. The molecule has 1 heterocycles. The number of carboxylic acids is 1. The second-order valence-corrected chi connectivity index (χ2v) is 3.48. The Labute approximate surface area is 95.3 Å². The van der Waals surface area contributed by atoms with Crippen molar-refractivity contribution in [1.29, 1.82) is 0 Å².